The molecule has 1 aromatic heterocycles. The average Bonchev–Trinajstić information content (AvgIpc) is 2.40. The normalized spacial score (nSPS) is 11.1. The molecule has 0 bridgehead atoms. The molecule has 22 heavy (non-hydrogen) atoms. The van der Waals surface area contributed by atoms with E-state index in [0.717, 1.165) is 6.07 Å². The van der Waals surface area contributed by atoms with E-state index >= 15 is 0 Å². The number of rotatable bonds is 2. The first-order valence-electron chi connectivity index (χ1n) is 6.15. The zero-order chi connectivity index (χ0) is 16.5. The average molecular weight is 310 g/mol. The molecule has 0 saturated carbocycles. The molecule has 0 N–H and O–H groups in total. The van der Waals surface area contributed by atoms with Crippen LogP contribution < -0.4 is 4.74 Å². The van der Waals surface area contributed by atoms with Gasteiger partial charge < -0.3 is 4.74 Å². The van der Waals surface area contributed by atoms with Gasteiger partial charge >= 0.3 is 6.18 Å². The Balaban J connectivity index is 2.49. The van der Waals surface area contributed by atoms with E-state index in [-0.39, 0.29) is 22.8 Å². The van der Waals surface area contributed by atoms with Crippen LogP contribution in [0.5, 0.6) is 11.6 Å². The molecule has 0 spiro atoms. The fourth-order valence-corrected chi connectivity index (χ4v) is 1.91. The highest BCUT2D eigenvalue weighted by molar-refractivity contribution is 5.50. The molecule has 0 aliphatic heterocycles. The summed E-state index contributed by atoms with van der Waals surface area (Å²) in [6, 6.07) is 5.34. The number of pyridine rings is 1. The van der Waals surface area contributed by atoms with Gasteiger partial charge in [0.15, 0.2) is 0 Å². The van der Waals surface area contributed by atoms with E-state index < -0.39 is 17.6 Å². The second-order valence-corrected chi connectivity index (χ2v) is 4.60. The van der Waals surface area contributed by atoms with Gasteiger partial charge in [-0.3, -0.25) is 0 Å². The number of hydrogen-bond donors (Lipinski definition) is 0. The minimum Gasteiger partial charge on any atom is -0.437 e. The van der Waals surface area contributed by atoms with E-state index in [1.54, 1.807) is 13.0 Å². The lowest BCUT2D eigenvalue weighted by Crippen LogP contribution is -2.10. The van der Waals surface area contributed by atoms with Gasteiger partial charge in [0.2, 0.25) is 5.88 Å². The minimum atomic E-state index is -4.60. The van der Waals surface area contributed by atoms with Crippen molar-refractivity contribution >= 4 is 0 Å². The van der Waals surface area contributed by atoms with Crippen LogP contribution in [0.1, 0.15) is 22.3 Å². The quantitative estimate of drug-likeness (QED) is 0.766. The maximum Gasteiger partial charge on any atom is 0.418 e. The fraction of sp³-hybridized carbons (Fsp3) is 0.200. The Kier molecular flexibility index (Phi) is 4.04. The molecular formula is C15H10F4N2O. The van der Waals surface area contributed by atoms with Crippen molar-refractivity contribution in [3.05, 3.63) is 52.5 Å². The summed E-state index contributed by atoms with van der Waals surface area (Å²) < 4.78 is 56.8. The van der Waals surface area contributed by atoms with E-state index in [0.29, 0.717) is 11.8 Å². The van der Waals surface area contributed by atoms with Crippen molar-refractivity contribution in [1.82, 2.24) is 4.98 Å². The summed E-state index contributed by atoms with van der Waals surface area (Å²) in [6.07, 6.45) is -3.99. The smallest absolute Gasteiger partial charge is 0.418 e. The van der Waals surface area contributed by atoms with E-state index in [1.807, 2.05) is 0 Å². The molecular weight excluding hydrogens is 300 g/mol. The molecule has 7 heteroatoms. The number of aryl methyl sites for hydroxylation is 1. The molecule has 2 aromatic rings. The van der Waals surface area contributed by atoms with Gasteiger partial charge in [-0.2, -0.15) is 18.4 Å². The van der Waals surface area contributed by atoms with Crippen LogP contribution in [0.25, 0.3) is 0 Å². The molecule has 2 rings (SSSR count). The molecule has 0 atom stereocenters. The van der Waals surface area contributed by atoms with Gasteiger partial charge in [0.25, 0.3) is 0 Å². The van der Waals surface area contributed by atoms with Crippen LogP contribution in [0.4, 0.5) is 17.6 Å². The monoisotopic (exact) mass is 310 g/mol. The van der Waals surface area contributed by atoms with Gasteiger partial charge in [-0.25, -0.2) is 9.37 Å². The summed E-state index contributed by atoms with van der Waals surface area (Å²) in [6.45, 7) is 2.74. The Labute approximate surface area is 123 Å². The lowest BCUT2D eigenvalue weighted by Gasteiger charge is -2.14. The first-order valence-corrected chi connectivity index (χ1v) is 6.15. The van der Waals surface area contributed by atoms with Gasteiger partial charge in [-0.1, -0.05) is 0 Å². The zero-order valence-corrected chi connectivity index (χ0v) is 11.6. The maximum absolute atomic E-state index is 13.0. The molecule has 114 valence electrons. The number of benzene rings is 1. The van der Waals surface area contributed by atoms with E-state index in [2.05, 4.69) is 4.98 Å². The molecule has 0 aliphatic carbocycles. The Morgan fingerprint density at radius 2 is 1.91 bits per heavy atom. The zero-order valence-electron chi connectivity index (χ0n) is 11.6. The predicted molar refractivity (Wildman–Crippen MR) is 69.9 cm³/mol. The van der Waals surface area contributed by atoms with Crippen LogP contribution in [-0.2, 0) is 6.18 Å². The van der Waals surface area contributed by atoms with Crippen molar-refractivity contribution in [2.45, 2.75) is 20.0 Å². The highest BCUT2D eigenvalue weighted by Crippen LogP contribution is 2.36. The number of alkyl halides is 3. The number of halogens is 4. The van der Waals surface area contributed by atoms with Crippen LogP contribution in [0.15, 0.2) is 24.4 Å². The van der Waals surface area contributed by atoms with Crippen LogP contribution in [0.3, 0.4) is 0 Å². The Bertz CT molecular complexity index is 763. The molecule has 0 unspecified atom stereocenters. The summed E-state index contributed by atoms with van der Waals surface area (Å²) in [5.74, 6) is -0.505. The second kappa shape index (κ2) is 5.64. The summed E-state index contributed by atoms with van der Waals surface area (Å²) in [7, 11) is 0. The van der Waals surface area contributed by atoms with Crippen LogP contribution in [-0.4, -0.2) is 4.98 Å². The van der Waals surface area contributed by atoms with Crippen molar-refractivity contribution in [2.24, 2.45) is 0 Å². The Morgan fingerprint density at radius 3 is 2.45 bits per heavy atom. The van der Waals surface area contributed by atoms with Crippen molar-refractivity contribution in [3.63, 3.8) is 0 Å². The predicted octanol–water partition coefficient (Wildman–Crippen LogP) is 4.52. The summed E-state index contributed by atoms with van der Waals surface area (Å²) >= 11 is 0. The van der Waals surface area contributed by atoms with Crippen LogP contribution in [0, 0.1) is 31.0 Å². The molecule has 3 nitrogen and oxygen atoms in total. The first-order chi connectivity index (χ1) is 10.2. The van der Waals surface area contributed by atoms with E-state index in [4.69, 9.17) is 10.00 Å². The van der Waals surface area contributed by atoms with Crippen molar-refractivity contribution in [3.8, 4) is 17.7 Å². The summed E-state index contributed by atoms with van der Waals surface area (Å²) in [5.41, 5.74) is -1.13. The standard InChI is InChI=1S/C15H10F4N2O/c1-8-5-10(16)3-4-13(8)22-14-11(6-20)9(2)12(7-21-14)15(17,18)19/h3-5,7H,1-2H3. The third kappa shape index (κ3) is 3.01. The molecule has 0 amide bonds. The lowest BCUT2D eigenvalue weighted by atomic mass is 10.1. The van der Waals surface area contributed by atoms with E-state index in [1.165, 1.54) is 19.1 Å². The molecule has 0 aliphatic rings. The van der Waals surface area contributed by atoms with Gasteiger partial charge in [0.05, 0.1) is 5.56 Å². The highest BCUT2D eigenvalue weighted by Gasteiger charge is 2.34. The minimum absolute atomic E-state index is 0.213. The van der Waals surface area contributed by atoms with Gasteiger partial charge in [-0.05, 0) is 43.2 Å². The lowest BCUT2D eigenvalue weighted by molar-refractivity contribution is -0.138. The number of aromatic nitrogens is 1. The Morgan fingerprint density at radius 1 is 1.23 bits per heavy atom. The van der Waals surface area contributed by atoms with Crippen LogP contribution in [0.2, 0.25) is 0 Å². The van der Waals surface area contributed by atoms with Crippen LogP contribution >= 0.6 is 0 Å². The molecule has 0 saturated heterocycles. The maximum atomic E-state index is 13.0. The van der Waals surface area contributed by atoms with Gasteiger partial charge in [0, 0.05) is 6.20 Å². The molecule has 1 aromatic carbocycles. The van der Waals surface area contributed by atoms with Crippen molar-refractivity contribution in [2.75, 3.05) is 0 Å². The highest BCUT2D eigenvalue weighted by atomic mass is 19.4. The Hall–Kier alpha value is -2.62. The third-order valence-corrected chi connectivity index (χ3v) is 3.06. The van der Waals surface area contributed by atoms with E-state index in [9.17, 15) is 17.6 Å². The van der Waals surface area contributed by atoms with Gasteiger partial charge in [-0.15, -0.1) is 0 Å². The van der Waals surface area contributed by atoms with Gasteiger partial charge in [0.1, 0.15) is 23.2 Å². The molecule has 0 fully saturated rings. The topological polar surface area (TPSA) is 45.9 Å². The summed E-state index contributed by atoms with van der Waals surface area (Å²) in [5, 5.41) is 9.08. The third-order valence-electron chi connectivity index (χ3n) is 3.06. The number of ether oxygens (including phenoxy) is 1. The number of nitrogens with zero attached hydrogens (tertiary/aromatic N) is 2. The SMILES string of the molecule is Cc1cc(F)ccc1Oc1ncc(C(F)(F)F)c(C)c1C#N. The summed E-state index contributed by atoms with van der Waals surface area (Å²) in [4.78, 5) is 3.58. The number of nitriles is 1. The fourth-order valence-electron chi connectivity index (χ4n) is 1.91. The molecule has 1 heterocycles. The number of hydrogen-bond acceptors (Lipinski definition) is 3. The van der Waals surface area contributed by atoms with Crippen molar-refractivity contribution in [1.29, 1.82) is 5.26 Å². The van der Waals surface area contributed by atoms with Crippen molar-refractivity contribution < 1.29 is 22.3 Å². The second-order valence-electron chi connectivity index (χ2n) is 4.60. The first kappa shape index (κ1) is 15.8. The largest absolute Gasteiger partial charge is 0.437 e. The molecule has 0 radical (unpaired) electrons.